The summed E-state index contributed by atoms with van der Waals surface area (Å²) in [7, 11) is 1.85. The van der Waals surface area contributed by atoms with Gasteiger partial charge in [-0.25, -0.2) is 4.98 Å². The van der Waals surface area contributed by atoms with Crippen LogP contribution < -0.4 is 9.47 Å². The van der Waals surface area contributed by atoms with Crippen LogP contribution >= 0.6 is 11.3 Å². The summed E-state index contributed by atoms with van der Waals surface area (Å²) in [4.78, 5) is 19.5. The fraction of sp³-hybridized carbons (Fsp3) is 0.350. The van der Waals surface area contributed by atoms with Crippen molar-refractivity contribution >= 4 is 17.2 Å². The predicted octanol–water partition coefficient (Wildman–Crippen LogP) is 2.98. The second-order valence-electron chi connectivity index (χ2n) is 6.78. The van der Waals surface area contributed by atoms with Gasteiger partial charge in [-0.15, -0.1) is 11.3 Å². The van der Waals surface area contributed by atoms with Gasteiger partial charge in [-0.2, -0.15) is 5.10 Å². The number of carbonyl (C=O) groups excluding carboxylic acids is 1. The van der Waals surface area contributed by atoms with E-state index in [1.807, 2.05) is 50.5 Å². The van der Waals surface area contributed by atoms with Gasteiger partial charge in [-0.3, -0.25) is 9.48 Å². The van der Waals surface area contributed by atoms with Crippen molar-refractivity contribution in [2.24, 2.45) is 7.05 Å². The number of aromatic nitrogens is 3. The van der Waals surface area contributed by atoms with Crippen LogP contribution in [0.25, 0.3) is 0 Å². The van der Waals surface area contributed by atoms with Crippen LogP contribution in [0.2, 0.25) is 0 Å². The number of hydrogen-bond acceptors (Lipinski definition) is 6. The van der Waals surface area contributed by atoms with Crippen molar-refractivity contribution < 1.29 is 14.3 Å². The molecule has 0 saturated heterocycles. The van der Waals surface area contributed by atoms with Gasteiger partial charge in [0.15, 0.2) is 17.6 Å². The molecule has 0 saturated carbocycles. The summed E-state index contributed by atoms with van der Waals surface area (Å²) in [6.45, 7) is 4.99. The first kappa shape index (κ1) is 18.5. The van der Waals surface area contributed by atoms with Crippen LogP contribution in [0.5, 0.6) is 11.5 Å². The minimum atomic E-state index is -0.254. The molecule has 2 aromatic heterocycles. The van der Waals surface area contributed by atoms with Crippen molar-refractivity contribution in [1.82, 2.24) is 19.7 Å². The Labute approximate surface area is 167 Å². The van der Waals surface area contributed by atoms with Crippen LogP contribution in [0.4, 0.5) is 0 Å². The van der Waals surface area contributed by atoms with Crippen molar-refractivity contribution in [3.63, 3.8) is 0 Å². The molecule has 1 atom stereocenters. The Morgan fingerprint density at radius 2 is 2.11 bits per heavy atom. The third kappa shape index (κ3) is 3.60. The number of nitrogens with zero attached hydrogens (tertiary/aromatic N) is 4. The molecule has 7 nitrogen and oxygen atoms in total. The Bertz CT molecular complexity index is 984. The Balaban J connectivity index is 1.58. The molecule has 3 heterocycles. The molecule has 0 bridgehead atoms. The van der Waals surface area contributed by atoms with Crippen LogP contribution in [0.1, 0.15) is 26.8 Å². The van der Waals surface area contributed by atoms with Crippen molar-refractivity contribution in [1.29, 1.82) is 0 Å². The van der Waals surface area contributed by atoms with E-state index in [0.717, 1.165) is 22.1 Å². The fourth-order valence-electron chi connectivity index (χ4n) is 3.35. The van der Waals surface area contributed by atoms with Gasteiger partial charge >= 0.3 is 0 Å². The monoisotopic (exact) mass is 398 g/mol. The van der Waals surface area contributed by atoms with E-state index in [0.29, 0.717) is 31.0 Å². The maximum atomic E-state index is 13.4. The lowest BCUT2D eigenvalue weighted by molar-refractivity contribution is 0.0443. The molecule has 146 valence electrons. The third-order valence-corrected chi connectivity index (χ3v) is 5.58. The van der Waals surface area contributed by atoms with Gasteiger partial charge in [0.25, 0.3) is 5.91 Å². The molecule has 1 aliphatic heterocycles. The highest BCUT2D eigenvalue weighted by atomic mass is 32.1. The number of rotatable bonds is 5. The first-order chi connectivity index (χ1) is 13.5. The van der Waals surface area contributed by atoms with Crippen molar-refractivity contribution in [2.75, 3.05) is 13.2 Å². The van der Waals surface area contributed by atoms with Gasteiger partial charge in [-0.05, 0) is 26.0 Å². The van der Waals surface area contributed by atoms with E-state index in [1.54, 1.807) is 15.8 Å². The number of aryl methyl sites for hydroxylation is 2. The molecule has 3 aromatic rings. The summed E-state index contributed by atoms with van der Waals surface area (Å²) in [5, 5.41) is 7.18. The van der Waals surface area contributed by atoms with Crippen molar-refractivity contribution in [2.45, 2.75) is 26.5 Å². The zero-order valence-corrected chi connectivity index (χ0v) is 16.9. The molecule has 0 spiro atoms. The van der Waals surface area contributed by atoms with Gasteiger partial charge in [0.05, 0.1) is 24.3 Å². The van der Waals surface area contributed by atoms with E-state index >= 15 is 0 Å². The number of para-hydroxylation sites is 2. The summed E-state index contributed by atoms with van der Waals surface area (Å²) in [5.74, 6) is 1.37. The van der Waals surface area contributed by atoms with Crippen LogP contribution in [0.3, 0.4) is 0 Å². The molecular weight excluding hydrogens is 376 g/mol. The Hall–Kier alpha value is -2.87. The summed E-state index contributed by atoms with van der Waals surface area (Å²) in [6, 6.07) is 7.58. The Kier molecular flexibility index (Phi) is 5.04. The second kappa shape index (κ2) is 7.63. The maximum absolute atomic E-state index is 13.4. The largest absolute Gasteiger partial charge is 0.486 e. The third-order valence-electron chi connectivity index (χ3n) is 4.81. The Morgan fingerprint density at radius 1 is 1.32 bits per heavy atom. The van der Waals surface area contributed by atoms with Gasteiger partial charge < -0.3 is 14.4 Å². The van der Waals surface area contributed by atoms with E-state index in [1.165, 1.54) is 11.3 Å². The normalized spacial score (nSPS) is 15.5. The minimum Gasteiger partial charge on any atom is -0.486 e. The summed E-state index contributed by atoms with van der Waals surface area (Å²) < 4.78 is 13.6. The summed E-state index contributed by atoms with van der Waals surface area (Å²) >= 11 is 1.53. The lowest BCUT2D eigenvalue weighted by Gasteiger charge is -2.31. The molecule has 4 rings (SSSR count). The van der Waals surface area contributed by atoms with E-state index in [2.05, 4.69) is 10.1 Å². The molecule has 0 unspecified atom stereocenters. The first-order valence-electron chi connectivity index (χ1n) is 9.09. The molecule has 0 N–H and O–H groups in total. The molecule has 28 heavy (non-hydrogen) atoms. The standard InChI is InChI=1S/C20H22N4O3S/c1-13-19(14(2)23(3)22-13)20(25)24(11-18-21-8-9-28-18)10-15-12-26-16-6-4-5-7-17(16)27-15/h4-9,15H,10-12H2,1-3H3/t15-/m1/s1. The highest BCUT2D eigenvalue weighted by Gasteiger charge is 2.29. The predicted molar refractivity (Wildman–Crippen MR) is 106 cm³/mol. The number of benzene rings is 1. The van der Waals surface area contributed by atoms with E-state index < -0.39 is 0 Å². The second-order valence-corrected chi connectivity index (χ2v) is 7.76. The van der Waals surface area contributed by atoms with Gasteiger partial charge in [0.2, 0.25) is 0 Å². The molecule has 8 heteroatoms. The molecule has 0 fully saturated rings. The first-order valence-corrected chi connectivity index (χ1v) is 9.97. The Morgan fingerprint density at radius 3 is 2.79 bits per heavy atom. The number of hydrogen-bond donors (Lipinski definition) is 0. The number of thiazole rings is 1. The maximum Gasteiger partial charge on any atom is 0.258 e. The summed E-state index contributed by atoms with van der Waals surface area (Å²) in [5.41, 5.74) is 2.20. The topological polar surface area (TPSA) is 69.5 Å². The van der Waals surface area contributed by atoms with E-state index in [4.69, 9.17) is 9.47 Å². The molecular formula is C20H22N4O3S. The van der Waals surface area contributed by atoms with Gasteiger partial charge in [0, 0.05) is 24.3 Å². The highest BCUT2D eigenvalue weighted by molar-refractivity contribution is 7.09. The molecule has 1 amide bonds. The number of carbonyl (C=O) groups is 1. The number of fused-ring (bicyclic) bond motifs is 1. The highest BCUT2D eigenvalue weighted by Crippen LogP contribution is 2.31. The van der Waals surface area contributed by atoms with Crippen molar-refractivity contribution in [3.8, 4) is 11.5 Å². The number of amides is 1. The minimum absolute atomic E-state index is 0.0687. The van der Waals surface area contributed by atoms with Crippen LogP contribution in [0.15, 0.2) is 35.8 Å². The lowest BCUT2D eigenvalue weighted by Crippen LogP contribution is -2.43. The zero-order chi connectivity index (χ0) is 19.7. The quantitative estimate of drug-likeness (QED) is 0.661. The van der Waals surface area contributed by atoms with E-state index in [9.17, 15) is 4.79 Å². The van der Waals surface area contributed by atoms with Gasteiger partial charge in [0.1, 0.15) is 11.6 Å². The van der Waals surface area contributed by atoms with Crippen LogP contribution in [-0.2, 0) is 13.6 Å². The van der Waals surface area contributed by atoms with E-state index in [-0.39, 0.29) is 12.0 Å². The molecule has 0 radical (unpaired) electrons. The summed E-state index contributed by atoms with van der Waals surface area (Å²) in [6.07, 6.45) is 1.50. The molecule has 1 aliphatic rings. The van der Waals surface area contributed by atoms with Crippen LogP contribution in [0, 0.1) is 13.8 Å². The zero-order valence-electron chi connectivity index (χ0n) is 16.1. The molecule has 1 aromatic carbocycles. The smallest absolute Gasteiger partial charge is 0.258 e. The molecule has 0 aliphatic carbocycles. The van der Waals surface area contributed by atoms with Crippen LogP contribution in [-0.4, -0.2) is 44.8 Å². The number of ether oxygens (including phenoxy) is 2. The van der Waals surface area contributed by atoms with Crippen molar-refractivity contribution in [3.05, 3.63) is 57.8 Å². The average Bonchev–Trinajstić information content (AvgIpc) is 3.28. The van der Waals surface area contributed by atoms with Gasteiger partial charge in [-0.1, -0.05) is 12.1 Å². The SMILES string of the molecule is Cc1nn(C)c(C)c1C(=O)N(Cc1nccs1)C[C@@H]1COc2ccccc2O1. The fourth-order valence-corrected chi connectivity index (χ4v) is 3.98. The lowest BCUT2D eigenvalue weighted by atomic mass is 10.1. The average molecular weight is 398 g/mol.